The molecular formula is C30H33N3O5Si. The fourth-order valence-electron chi connectivity index (χ4n) is 4.94. The highest BCUT2D eigenvalue weighted by atomic mass is 28.3. The Kier molecular flexibility index (Phi) is 7.29. The van der Waals surface area contributed by atoms with E-state index >= 15 is 0 Å². The first-order chi connectivity index (χ1) is 18.6. The van der Waals surface area contributed by atoms with Gasteiger partial charge in [-0.3, -0.25) is 9.59 Å². The number of amides is 2. The van der Waals surface area contributed by atoms with Crippen LogP contribution in [0, 0.1) is 0 Å². The highest BCUT2D eigenvalue weighted by molar-refractivity contribution is 6.76. The number of carbonyl (C=O) groups is 2. The molecule has 0 aliphatic carbocycles. The second-order valence-corrected chi connectivity index (χ2v) is 16.9. The molecule has 2 amide bonds. The molecule has 0 saturated carbocycles. The van der Waals surface area contributed by atoms with Gasteiger partial charge in [0.25, 0.3) is 5.91 Å². The van der Waals surface area contributed by atoms with Crippen LogP contribution in [0.2, 0.25) is 25.7 Å². The predicted octanol–water partition coefficient (Wildman–Crippen LogP) is 4.95. The number of benzene rings is 3. The number of oxazole rings is 1. The Balaban J connectivity index is 1.37. The van der Waals surface area contributed by atoms with E-state index in [1.165, 1.54) is 4.57 Å². The van der Waals surface area contributed by atoms with Crippen LogP contribution >= 0.6 is 0 Å². The lowest BCUT2D eigenvalue weighted by atomic mass is 9.97. The minimum atomic E-state index is -1.23. The molecule has 5 rings (SSSR count). The normalized spacial score (nSPS) is 15.2. The van der Waals surface area contributed by atoms with E-state index in [1.54, 1.807) is 12.1 Å². The maximum atomic E-state index is 13.5. The molecule has 9 heteroatoms. The molecule has 2 heterocycles. The van der Waals surface area contributed by atoms with Crippen molar-refractivity contribution >= 4 is 31.0 Å². The molecule has 1 unspecified atom stereocenters. The third-order valence-corrected chi connectivity index (χ3v) is 8.86. The van der Waals surface area contributed by atoms with Crippen LogP contribution in [0.25, 0.3) is 11.1 Å². The van der Waals surface area contributed by atoms with Crippen LogP contribution < -0.4 is 11.5 Å². The Morgan fingerprint density at radius 2 is 1.72 bits per heavy atom. The number of hydrogen-bond donors (Lipinski definition) is 1. The molecule has 8 nitrogen and oxygen atoms in total. The summed E-state index contributed by atoms with van der Waals surface area (Å²) in [7, 11) is -1.23. The lowest BCUT2D eigenvalue weighted by molar-refractivity contribution is 0.0709. The van der Waals surface area contributed by atoms with Crippen LogP contribution in [-0.4, -0.2) is 36.0 Å². The van der Waals surface area contributed by atoms with Crippen molar-refractivity contribution in [3.8, 4) is 0 Å². The Morgan fingerprint density at radius 1 is 1.00 bits per heavy atom. The fraction of sp³-hybridized carbons (Fsp3) is 0.300. The second-order valence-electron chi connectivity index (χ2n) is 11.2. The van der Waals surface area contributed by atoms with E-state index in [0.717, 1.165) is 22.7 Å². The van der Waals surface area contributed by atoms with Gasteiger partial charge in [0.1, 0.15) is 6.73 Å². The van der Waals surface area contributed by atoms with Gasteiger partial charge in [0, 0.05) is 32.4 Å². The first kappa shape index (κ1) is 26.6. The lowest BCUT2D eigenvalue weighted by Crippen LogP contribution is -2.28. The van der Waals surface area contributed by atoms with Gasteiger partial charge in [0.2, 0.25) is 5.91 Å². The molecular weight excluding hydrogens is 510 g/mol. The van der Waals surface area contributed by atoms with Crippen molar-refractivity contribution in [1.82, 2.24) is 9.47 Å². The monoisotopic (exact) mass is 543 g/mol. The van der Waals surface area contributed by atoms with Crippen molar-refractivity contribution in [3.63, 3.8) is 0 Å². The van der Waals surface area contributed by atoms with Crippen molar-refractivity contribution in [2.45, 2.75) is 51.4 Å². The molecule has 4 aromatic rings. The summed E-state index contributed by atoms with van der Waals surface area (Å²) in [5.41, 5.74) is 10.5. The molecule has 0 spiro atoms. The summed E-state index contributed by atoms with van der Waals surface area (Å²) in [6, 6.07) is 21.2. The van der Waals surface area contributed by atoms with Gasteiger partial charge >= 0.3 is 5.76 Å². The molecule has 39 heavy (non-hydrogen) atoms. The molecule has 3 aromatic carbocycles. The summed E-state index contributed by atoms with van der Waals surface area (Å²) >= 11 is 0. The van der Waals surface area contributed by atoms with Gasteiger partial charge in [0.05, 0.1) is 11.6 Å². The van der Waals surface area contributed by atoms with Gasteiger partial charge in [-0.15, -0.1) is 0 Å². The van der Waals surface area contributed by atoms with E-state index in [1.807, 2.05) is 59.5 Å². The topological polar surface area (TPSA) is 108 Å². The molecule has 1 aliphatic heterocycles. The highest BCUT2D eigenvalue weighted by Gasteiger charge is 2.36. The second kappa shape index (κ2) is 10.7. The average molecular weight is 544 g/mol. The first-order valence-electron chi connectivity index (χ1n) is 13.1. The van der Waals surface area contributed by atoms with Gasteiger partial charge in [0.15, 0.2) is 5.58 Å². The van der Waals surface area contributed by atoms with Crippen LogP contribution in [-0.2, 0) is 24.4 Å². The number of aromatic nitrogens is 1. The van der Waals surface area contributed by atoms with Crippen molar-refractivity contribution < 1.29 is 18.7 Å². The number of ether oxygens (including phenoxy) is 1. The number of rotatable bonds is 10. The van der Waals surface area contributed by atoms with E-state index < -0.39 is 19.7 Å². The molecule has 2 N–H and O–H groups in total. The van der Waals surface area contributed by atoms with E-state index in [0.29, 0.717) is 41.8 Å². The van der Waals surface area contributed by atoms with Crippen molar-refractivity contribution in [2.24, 2.45) is 5.73 Å². The molecule has 0 saturated heterocycles. The number of nitrogens with two attached hydrogens (primary N) is 1. The third-order valence-electron chi connectivity index (χ3n) is 7.16. The minimum absolute atomic E-state index is 0.0423. The summed E-state index contributed by atoms with van der Waals surface area (Å²) in [5.74, 6) is -0.977. The van der Waals surface area contributed by atoms with Gasteiger partial charge in [-0.05, 0) is 59.5 Å². The van der Waals surface area contributed by atoms with Gasteiger partial charge in [-0.1, -0.05) is 56.0 Å². The highest BCUT2D eigenvalue weighted by Crippen LogP contribution is 2.37. The van der Waals surface area contributed by atoms with E-state index in [9.17, 15) is 14.4 Å². The maximum absolute atomic E-state index is 13.5. The predicted molar refractivity (Wildman–Crippen MR) is 152 cm³/mol. The van der Waals surface area contributed by atoms with Crippen LogP contribution in [0.5, 0.6) is 0 Å². The van der Waals surface area contributed by atoms with Crippen LogP contribution in [0.3, 0.4) is 0 Å². The first-order valence-corrected chi connectivity index (χ1v) is 16.8. The zero-order chi connectivity index (χ0) is 27.7. The molecule has 202 valence electrons. The maximum Gasteiger partial charge on any atom is 0.421 e. The standard InChI is InChI=1S/C30H33N3O5Si/c1-39(2,3)15-14-37-19-33-25-13-10-21(17-27(25)38-30(33)36)18-32-26(23-6-4-5-7-24(23)29(32)35)16-20-8-11-22(12-9-20)28(31)34/h4-13,17,26H,14-16,18-19H2,1-3H3,(H2,31,34). The van der Waals surface area contributed by atoms with Gasteiger partial charge in [-0.2, -0.15) is 0 Å². The summed E-state index contributed by atoms with van der Waals surface area (Å²) in [6.45, 7) is 7.96. The Bertz CT molecular complexity index is 1580. The van der Waals surface area contributed by atoms with Crippen molar-refractivity contribution in [2.75, 3.05) is 6.61 Å². The van der Waals surface area contributed by atoms with E-state index in [4.69, 9.17) is 14.9 Å². The molecule has 1 aromatic heterocycles. The number of hydrogen-bond acceptors (Lipinski definition) is 5. The van der Waals surface area contributed by atoms with E-state index in [-0.39, 0.29) is 18.7 Å². The zero-order valence-corrected chi connectivity index (χ0v) is 23.5. The zero-order valence-electron chi connectivity index (χ0n) is 22.5. The lowest BCUT2D eigenvalue weighted by Gasteiger charge is -2.26. The van der Waals surface area contributed by atoms with Gasteiger partial charge < -0.3 is 19.8 Å². The Hall–Kier alpha value is -3.95. The molecule has 0 fully saturated rings. The summed E-state index contributed by atoms with van der Waals surface area (Å²) in [4.78, 5) is 39.3. The third kappa shape index (κ3) is 5.74. The fourth-order valence-corrected chi connectivity index (χ4v) is 5.70. The van der Waals surface area contributed by atoms with Crippen LogP contribution in [0.1, 0.15) is 43.4 Å². The number of fused-ring (bicyclic) bond motifs is 2. The minimum Gasteiger partial charge on any atom is -0.408 e. The summed E-state index contributed by atoms with van der Waals surface area (Å²) < 4.78 is 12.8. The SMILES string of the molecule is C[Si](C)(C)CCOCn1c(=O)oc2cc(CN3C(=O)c4ccccc4C3Cc3ccc(C(N)=O)cc3)ccc21. The van der Waals surface area contributed by atoms with Crippen molar-refractivity contribution in [3.05, 3.63) is 105 Å². The molecule has 1 aliphatic rings. The van der Waals surface area contributed by atoms with Crippen LogP contribution in [0.4, 0.5) is 0 Å². The molecule has 0 radical (unpaired) electrons. The Labute approximate surface area is 228 Å². The number of nitrogens with zero attached hydrogens (tertiary/aromatic N) is 2. The molecule has 1 atom stereocenters. The largest absolute Gasteiger partial charge is 0.421 e. The number of carbonyl (C=O) groups excluding carboxylic acids is 2. The quantitative estimate of drug-likeness (QED) is 0.225. The summed E-state index contributed by atoms with van der Waals surface area (Å²) in [5, 5.41) is 0. The molecule has 0 bridgehead atoms. The number of primary amides is 1. The van der Waals surface area contributed by atoms with Crippen LogP contribution in [0.15, 0.2) is 75.9 Å². The summed E-state index contributed by atoms with van der Waals surface area (Å²) in [6.07, 6.45) is 0.588. The van der Waals surface area contributed by atoms with Crippen molar-refractivity contribution in [1.29, 1.82) is 0 Å². The smallest absolute Gasteiger partial charge is 0.408 e. The van der Waals surface area contributed by atoms with E-state index in [2.05, 4.69) is 19.6 Å². The average Bonchev–Trinajstić information content (AvgIpc) is 3.34. The Morgan fingerprint density at radius 3 is 2.44 bits per heavy atom. The van der Waals surface area contributed by atoms with Gasteiger partial charge in [-0.25, -0.2) is 9.36 Å².